The number of benzene rings is 1. The Morgan fingerprint density at radius 2 is 2.12 bits per heavy atom. The lowest BCUT2D eigenvalue weighted by atomic mass is 10.0. The van der Waals surface area contributed by atoms with Crippen molar-refractivity contribution in [3.8, 4) is 5.75 Å². The molecule has 17 heavy (non-hydrogen) atoms. The largest absolute Gasteiger partial charge is 0.462 e. The zero-order valence-electron chi connectivity index (χ0n) is 9.00. The Labute approximate surface area is 96.2 Å². The van der Waals surface area contributed by atoms with Crippen LogP contribution in [-0.2, 0) is 5.66 Å². The molecule has 1 aromatic carbocycles. The monoisotopic (exact) mass is 236 g/mol. The molecule has 0 bridgehead atoms. The van der Waals surface area contributed by atoms with Crippen molar-refractivity contribution in [2.24, 2.45) is 20.7 Å². The summed E-state index contributed by atoms with van der Waals surface area (Å²) < 4.78 is 16.7. The van der Waals surface area contributed by atoms with Crippen molar-refractivity contribution in [3.05, 3.63) is 29.3 Å². The van der Waals surface area contributed by atoms with Crippen LogP contribution in [0.15, 0.2) is 38.9 Å². The van der Waals surface area contributed by atoms with Gasteiger partial charge in [0.15, 0.2) is 6.29 Å². The van der Waals surface area contributed by atoms with E-state index in [1.165, 1.54) is 12.1 Å². The molecule has 0 saturated carbocycles. The van der Waals surface area contributed by atoms with E-state index in [4.69, 9.17) is 0 Å². The van der Waals surface area contributed by atoms with E-state index in [2.05, 4.69) is 25.4 Å². The van der Waals surface area contributed by atoms with E-state index in [9.17, 15) is 9.18 Å². The molecule has 0 saturated heterocycles. The normalized spacial score (nSPS) is 16.1. The second-order valence-electron chi connectivity index (χ2n) is 3.52. The molecule has 1 aromatic rings. The van der Waals surface area contributed by atoms with Gasteiger partial charge in [0.2, 0.25) is 12.5 Å². The molecule has 88 valence electrons. The van der Waals surface area contributed by atoms with Crippen molar-refractivity contribution in [1.29, 1.82) is 0 Å². The molecule has 7 heteroatoms. The molecule has 0 radical (unpaired) electrons. The summed E-state index contributed by atoms with van der Waals surface area (Å²) in [6.07, 6.45) is 0.584. The molecule has 1 aliphatic heterocycles. The SMILES string of the molecule is CC1(c2ccc(OCF)c(C=O)c2)N=NN=N1. The van der Waals surface area contributed by atoms with Gasteiger partial charge in [0.1, 0.15) is 5.75 Å². The summed E-state index contributed by atoms with van der Waals surface area (Å²) in [6.45, 7) is 0.712. The molecule has 0 spiro atoms. The second kappa shape index (κ2) is 4.36. The van der Waals surface area contributed by atoms with Crippen LogP contribution in [0.1, 0.15) is 22.8 Å². The van der Waals surface area contributed by atoms with Gasteiger partial charge in [-0.1, -0.05) is 6.07 Å². The fourth-order valence-electron chi connectivity index (χ4n) is 1.48. The highest BCUT2D eigenvalue weighted by molar-refractivity contribution is 5.79. The first-order valence-electron chi connectivity index (χ1n) is 4.82. The van der Waals surface area contributed by atoms with Gasteiger partial charge in [-0.2, -0.15) is 0 Å². The minimum absolute atomic E-state index is 0.182. The van der Waals surface area contributed by atoms with Crippen LogP contribution < -0.4 is 4.74 Å². The van der Waals surface area contributed by atoms with E-state index < -0.39 is 12.5 Å². The minimum Gasteiger partial charge on any atom is -0.462 e. The molecule has 0 aliphatic carbocycles. The summed E-state index contributed by atoms with van der Waals surface area (Å²) in [5.41, 5.74) is -0.0547. The van der Waals surface area contributed by atoms with Crippen LogP contribution in [-0.4, -0.2) is 13.1 Å². The highest BCUT2D eigenvalue weighted by atomic mass is 19.1. The standard InChI is InChI=1S/C10H9FN4O2/c1-10(12-14-15-13-10)8-2-3-9(17-6-11)7(4-8)5-16/h2-5H,6H2,1H3. The van der Waals surface area contributed by atoms with Gasteiger partial charge >= 0.3 is 0 Å². The second-order valence-corrected chi connectivity index (χ2v) is 3.52. The first kappa shape index (κ1) is 11.3. The van der Waals surface area contributed by atoms with E-state index in [0.29, 0.717) is 11.8 Å². The molecule has 1 heterocycles. The van der Waals surface area contributed by atoms with Crippen LogP contribution in [0, 0.1) is 0 Å². The molecule has 2 rings (SSSR count). The maximum atomic E-state index is 12.1. The Morgan fingerprint density at radius 3 is 2.71 bits per heavy atom. The number of alkyl halides is 1. The Hall–Kier alpha value is -2.18. The van der Waals surface area contributed by atoms with Gasteiger partial charge in [-0.3, -0.25) is 4.79 Å². The Balaban J connectivity index is 2.41. The number of carbonyl (C=O) groups is 1. The molecular formula is C10H9FN4O2. The number of hydrogen-bond donors (Lipinski definition) is 0. The van der Waals surface area contributed by atoms with Gasteiger partial charge in [0.05, 0.1) is 5.56 Å². The number of halogens is 1. The number of hydrogen-bond acceptors (Lipinski definition) is 6. The van der Waals surface area contributed by atoms with E-state index >= 15 is 0 Å². The molecule has 6 nitrogen and oxygen atoms in total. The van der Waals surface area contributed by atoms with Crippen molar-refractivity contribution >= 4 is 6.29 Å². The van der Waals surface area contributed by atoms with E-state index in [1.54, 1.807) is 13.0 Å². The van der Waals surface area contributed by atoms with E-state index in [0.717, 1.165) is 0 Å². The minimum atomic E-state index is -0.989. The summed E-state index contributed by atoms with van der Waals surface area (Å²) in [7, 11) is 0. The first-order chi connectivity index (χ1) is 8.19. The Bertz CT molecular complexity index is 489. The predicted molar refractivity (Wildman–Crippen MR) is 55.5 cm³/mol. The van der Waals surface area contributed by atoms with Crippen molar-refractivity contribution in [3.63, 3.8) is 0 Å². The zero-order chi connectivity index (χ0) is 12.3. The topological polar surface area (TPSA) is 75.7 Å². The molecule has 0 aromatic heterocycles. The molecule has 1 aliphatic rings. The maximum Gasteiger partial charge on any atom is 0.228 e. The zero-order valence-corrected chi connectivity index (χ0v) is 9.00. The molecule has 0 atom stereocenters. The summed E-state index contributed by atoms with van der Waals surface area (Å²) in [4.78, 5) is 10.9. The van der Waals surface area contributed by atoms with Crippen molar-refractivity contribution in [2.45, 2.75) is 12.6 Å². The van der Waals surface area contributed by atoms with E-state index in [-0.39, 0.29) is 11.3 Å². The molecular weight excluding hydrogens is 227 g/mol. The van der Waals surface area contributed by atoms with Crippen molar-refractivity contribution in [2.75, 3.05) is 6.86 Å². The van der Waals surface area contributed by atoms with Crippen LogP contribution in [0.25, 0.3) is 0 Å². The fourth-order valence-corrected chi connectivity index (χ4v) is 1.48. The number of nitrogens with zero attached hydrogens (tertiary/aromatic N) is 4. The lowest BCUT2D eigenvalue weighted by molar-refractivity contribution is 0.111. The fraction of sp³-hybridized carbons (Fsp3) is 0.300. The van der Waals surface area contributed by atoms with Gasteiger partial charge in [-0.25, -0.2) is 4.39 Å². The Kier molecular flexibility index (Phi) is 2.90. The van der Waals surface area contributed by atoms with Gasteiger partial charge in [-0.05, 0) is 29.5 Å². The van der Waals surface area contributed by atoms with Crippen LogP contribution in [0.2, 0.25) is 0 Å². The average Bonchev–Trinajstić information content (AvgIpc) is 2.78. The quantitative estimate of drug-likeness (QED) is 0.753. The summed E-state index contributed by atoms with van der Waals surface area (Å²) in [6, 6.07) is 4.66. The first-order valence-corrected chi connectivity index (χ1v) is 4.82. The lowest BCUT2D eigenvalue weighted by Crippen LogP contribution is -2.13. The van der Waals surface area contributed by atoms with Gasteiger partial charge < -0.3 is 4.74 Å². The molecule has 0 unspecified atom stereocenters. The third kappa shape index (κ3) is 2.03. The smallest absolute Gasteiger partial charge is 0.228 e. The number of aldehydes is 1. The van der Waals surface area contributed by atoms with E-state index in [1.807, 2.05) is 0 Å². The highest BCUT2D eigenvalue weighted by Crippen LogP contribution is 2.33. The van der Waals surface area contributed by atoms with Crippen LogP contribution in [0.4, 0.5) is 4.39 Å². The van der Waals surface area contributed by atoms with Gasteiger partial charge in [-0.15, -0.1) is 10.2 Å². The highest BCUT2D eigenvalue weighted by Gasteiger charge is 2.30. The third-order valence-corrected chi connectivity index (χ3v) is 2.41. The summed E-state index contributed by atoms with van der Waals surface area (Å²) in [5, 5.41) is 14.6. The van der Waals surface area contributed by atoms with Crippen molar-refractivity contribution in [1.82, 2.24) is 0 Å². The third-order valence-electron chi connectivity index (χ3n) is 2.41. The van der Waals surface area contributed by atoms with Gasteiger partial charge in [0, 0.05) is 5.56 Å². The predicted octanol–water partition coefficient (Wildman–Crippen LogP) is 2.81. The van der Waals surface area contributed by atoms with Crippen LogP contribution >= 0.6 is 0 Å². The maximum absolute atomic E-state index is 12.1. The molecule has 0 fully saturated rings. The van der Waals surface area contributed by atoms with Crippen LogP contribution in [0.5, 0.6) is 5.75 Å². The lowest BCUT2D eigenvalue weighted by Gasteiger charge is -2.15. The van der Waals surface area contributed by atoms with Gasteiger partial charge in [0.25, 0.3) is 0 Å². The Morgan fingerprint density at radius 1 is 1.41 bits per heavy atom. The summed E-state index contributed by atoms with van der Waals surface area (Å²) >= 11 is 0. The number of ether oxygens (including phenoxy) is 1. The molecule has 0 amide bonds. The number of rotatable bonds is 4. The average molecular weight is 236 g/mol. The number of carbonyl (C=O) groups excluding carboxylic acids is 1. The van der Waals surface area contributed by atoms with Crippen LogP contribution in [0.3, 0.4) is 0 Å². The summed E-state index contributed by atoms with van der Waals surface area (Å²) in [5.74, 6) is 0.182. The molecule has 0 N–H and O–H groups in total. The van der Waals surface area contributed by atoms with Crippen molar-refractivity contribution < 1.29 is 13.9 Å².